The van der Waals surface area contributed by atoms with Gasteiger partial charge in [0.1, 0.15) is 11.6 Å². The van der Waals surface area contributed by atoms with E-state index < -0.39 is 0 Å². The number of aromatic nitrogens is 2. The highest BCUT2D eigenvalue weighted by Gasteiger charge is 2.25. The predicted molar refractivity (Wildman–Crippen MR) is 109 cm³/mol. The minimum Gasteiger partial charge on any atom is -0.469 e. The van der Waals surface area contributed by atoms with Crippen molar-refractivity contribution in [3.63, 3.8) is 0 Å². The largest absolute Gasteiger partial charge is 0.469 e. The highest BCUT2D eigenvalue weighted by Crippen LogP contribution is 2.15. The topological polar surface area (TPSA) is 103 Å². The summed E-state index contributed by atoms with van der Waals surface area (Å²) in [5, 5.41) is 5.95. The number of carbonyl (C=O) groups is 2. The fraction of sp³-hybridized carbons (Fsp3) is 0.381. The number of aryl methyl sites for hydroxylation is 2. The summed E-state index contributed by atoms with van der Waals surface area (Å²) in [4.78, 5) is 34.3. The highest BCUT2D eigenvalue weighted by atomic mass is 16.3. The molecule has 0 radical (unpaired) electrons. The molecule has 29 heavy (non-hydrogen) atoms. The van der Waals surface area contributed by atoms with Crippen molar-refractivity contribution in [2.24, 2.45) is 0 Å². The number of H-pyrrole nitrogens is 1. The molecule has 3 N–H and O–H groups in total. The number of amides is 3. The van der Waals surface area contributed by atoms with Gasteiger partial charge in [-0.15, -0.1) is 0 Å². The monoisotopic (exact) mass is 395 g/mol. The van der Waals surface area contributed by atoms with Crippen LogP contribution in [0.2, 0.25) is 0 Å². The van der Waals surface area contributed by atoms with E-state index in [9.17, 15) is 9.59 Å². The number of urea groups is 1. The smallest absolute Gasteiger partial charge is 0.317 e. The van der Waals surface area contributed by atoms with E-state index in [1.54, 1.807) is 17.9 Å². The number of fused-ring (bicyclic) bond motifs is 1. The van der Waals surface area contributed by atoms with Gasteiger partial charge in [0.25, 0.3) is 5.91 Å². The third-order valence-electron chi connectivity index (χ3n) is 5.31. The first-order valence-corrected chi connectivity index (χ1v) is 9.82. The maximum absolute atomic E-state index is 12.5. The van der Waals surface area contributed by atoms with Crippen LogP contribution < -0.4 is 10.6 Å². The zero-order chi connectivity index (χ0) is 20.4. The van der Waals surface area contributed by atoms with Crippen LogP contribution in [-0.2, 0) is 6.54 Å². The Balaban J connectivity index is 1.25. The third-order valence-corrected chi connectivity index (χ3v) is 5.31. The lowest BCUT2D eigenvalue weighted by Crippen LogP contribution is -2.49. The average Bonchev–Trinajstić information content (AvgIpc) is 3.32. The second-order valence-corrected chi connectivity index (χ2v) is 7.49. The summed E-state index contributed by atoms with van der Waals surface area (Å²) in [7, 11) is 0. The molecule has 1 aromatic carbocycles. The summed E-state index contributed by atoms with van der Waals surface area (Å²) in [6.07, 6.45) is 2.96. The van der Waals surface area contributed by atoms with Gasteiger partial charge in [0.05, 0.1) is 29.4 Å². The Morgan fingerprint density at radius 1 is 1.24 bits per heavy atom. The van der Waals surface area contributed by atoms with E-state index in [0.29, 0.717) is 31.0 Å². The second kappa shape index (κ2) is 7.98. The van der Waals surface area contributed by atoms with Crippen LogP contribution in [0.4, 0.5) is 4.79 Å². The van der Waals surface area contributed by atoms with Gasteiger partial charge in [0.15, 0.2) is 0 Å². The number of rotatable bonds is 4. The molecule has 8 heteroatoms. The first kappa shape index (κ1) is 19.0. The lowest BCUT2D eigenvalue weighted by atomic mass is 10.0. The van der Waals surface area contributed by atoms with Crippen molar-refractivity contribution < 1.29 is 14.0 Å². The Bertz CT molecular complexity index is 1030. The third kappa shape index (κ3) is 4.26. The van der Waals surface area contributed by atoms with Crippen LogP contribution in [0.5, 0.6) is 0 Å². The normalized spacial score (nSPS) is 14.9. The van der Waals surface area contributed by atoms with E-state index in [1.807, 2.05) is 25.1 Å². The number of aromatic amines is 1. The Labute approximate surface area is 168 Å². The van der Waals surface area contributed by atoms with Gasteiger partial charge in [-0.1, -0.05) is 6.07 Å². The number of furan rings is 1. The molecule has 3 aromatic rings. The molecule has 1 aliphatic rings. The van der Waals surface area contributed by atoms with Crippen molar-refractivity contribution in [1.29, 1.82) is 0 Å². The molecule has 0 saturated carbocycles. The summed E-state index contributed by atoms with van der Waals surface area (Å²) in [5.74, 6) is 1.22. The Morgan fingerprint density at radius 3 is 2.76 bits per heavy atom. The molecule has 0 aliphatic carbocycles. The summed E-state index contributed by atoms with van der Waals surface area (Å²) < 4.78 is 5.18. The van der Waals surface area contributed by atoms with Crippen molar-refractivity contribution in [2.75, 3.05) is 13.1 Å². The molecule has 0 bridgehead atoms. The Hall–Kier alpha value is -3.29. The summed E-state index contributed by atoms with van der Waals surface area (Å²) >= 11 is 0. The lowest BCUT2D eigenvalue weighted by Gasteiger charge is -2.32. The second-order valence-electron chi connectivity index (χ2n) is 7.49. The molecular formula is C21H25N5O3. The molecule has 3 heterocycles. The lowest BCUT2D eigenvalue weighted by molar-refractivity contribution is 0.0916. The maximum atomic E-state index is 12.5. The molecular weight excluding hydrogens is 370 g/mol. The Kier molecular flexibility index (Phi) is 5.24. The zero-order valence-corrected chi connectivity index (χ0v) is 16.6. The highest BCUT2D eigenvalue weighted by molar-refractivity contribution is 5.95. The summed E-state index contributed by atoms with van der Waals surface area (Å²) in [6.45, 7) is 5.35. The molecule has 1 aliphatic heterocycles. The SMILES string of the molecule is Cc1ccc2nc(CNC(=O)N3CCC(NC(=O)c4ccoc4C)CC3)[nH]c2c1. The molecule has 0 spiro atoms. The quantitative estimate of drug-likeness (QED) is 0.632. The van der Waals surface area contributed by atoms with Gasteiger partial charge in [0, 0.05) is 19.1 Å². The van der Waals surface area contributed by atoms with Crippen molar-refractivity contribution in [1.82, 2.24) is 25.5 Å². The van der Waals surface area contributed by atoms with Crippen molar-refractivity contribution in [3.8, 4) is 0 Å². The van der Waals surface area contributed by atoms with E-state index in [2.05, 4.69) is 20.6 Å². The van der Waals surface area contributed by atoms with Crippen LogP contribution in [0.3, 0.4) is 0 Å². The van der Waals surface area contributed by atoms with Crippen molar-refractivity contribution in [2.45, 2.75) is 39.3 Å². The number of nitrogens with zero attached hydrogens (tertiary/aromatic N) is 2. The minimum absolute atomic E-state index is 0.0551. The van der Waals surface area contributed by atoms with Gasteiger partial charge in [-0.05, 0) is 50.5 Å². The number of carbonyl (C=O) groups excluding carboxylic acids is 2. The van der Waals surface area contributed by atoms with E-state index in [0.717, 1.165) is 35.3 Å². The number of likely N-dealkylation sites (tertiary alicyclic amines) is 1. The van der Waals surface area contributed by atoms with Gasteiger partial charge in [-0.3, -0.25) is 4.79 Å². The molecule has 8 nitrogen and oxygen atoms in total. The standard InChI is InChI=1S/C21H25N5O3/c1-13-3-4-17-18(11-13)25-19(24-17)12-22-21(28)26-8-5-15(6-9-26)23-20(27)16-7-10-29-14(16)2/h3-4,7,10-11,15H,5-6,8-9,12H2,1-2H3,(H,22,28)(H,23,27)(H,24,25). The van der Waals surface area contributed by atoms with Crippen LogP contribution >= 0.6 is 0 Å². The van der Waals surface area contributed by atoms with Crippen LogP contribution in [0.25, 0.3) is 11.0 Å². The van der Waals surface area contributed by atoms with Crippen molar-refractivity contribution in [3.05, 3.63) is 53.2 Å². The first-order valence-electron chi connectivity index (χ1n) is 9.82. The van der Waals surface area contributed by atoms with E-state index in [1.165, 1.54) is 6.26 Å². The van der Waals surface area contributed by atoms with E-state index in [4.69, 9.17) is 4.42 Å². The summed E-state index contributed by atoms with van der Waals surface area (Å²) in [6, 6.07) is 7.64. The predicted octanol–water partition coefficient (Wildman–Crippen LogP) is 2.88. The van der Waals surface area contributed by atoms with Crippen LogP contribution in [0, 0.1) is 13.8 Å². The molecule has 2 aromatic heterocycles. The Morgan fingerprint density at radius 2 is 2.03 bits per heavy atom. The van der Waals surface area contributed by atoms with E-state index >= 15 is 0 Å². The van der Waals surface area contributed by atoms with E-state index in [-0.39, 0.29) is 18.0 Å². The van der Waals surface area contributed by atoms with Gasteiger partial charge in [-0.2, -0.15) is 0 Å². The number of benzene rings is 1. The van der Waals surface area contributed by atoms with Crippen LogP contribution in [0.15, 0.2) is 34.9 Å². The molecule has 0 atom stereocenters. The molecule has 1 fully saturated rings. The minimum atomic E-state index is -0.126. The number of nitrogens with one attached hydrogen (secondary N) is 3. The molecule has 3 amide bonds. The fourth-order valence-electron chi connectivity index (χ4n) is 3.64. The van der Waals surface area contributed by atoms with Gasteiger partial charge in [-0.25, -0.2) is 9.78 Å². The maximum Gasteiger partial charge on any atom is 0.317 e. The molecule has 1 saturated heterocycles. The number of piperidine rings is 1. The van der Waals surface area contributed by atoms with Gasteiger partial charge < -0.3 is 24.9 Å². The first-order chi connectivity index (χ1) is 14.0. The summed E-state index contributed by atoms with van der Waals surface area (Å²) in [5.41, 5.74) is 3.59. The van der Waals surface area contributed by atoms with Crippen molar-refractivity contribution >= 4 is 23.0 Å². The number of hydrogen-bond donors (Lipinski definition) is 3. The number of hydrogen-bond acceptors (Lipinski definition) is 4. The molecule has 152 valence electrons. The number of imidazole rings is 1. The van der Waals surface area contributed by atoms with Gasteiger partial charge in [0.2, 0.25) is 0 Å². The average molecular weight is 395 g/mol. The molecule has 0 unspecified atom stereocenters. The zero-order valence-electron chi connectivity index (χ0n) is 16.6. The van der Waals surface area contributed by atoms with Crippen LogP contribution in [-0.4, -0.2) is 45.9 Å². The fourth-order valence-corrected chi connectivity index (χ4v) is 3.64. The molecule has 4 rings (SSSR count). The van der Waals surface area contributed by atoms with Crippen LogP contribution in [0.1, 0.15) is 40.3 Å². The van der Waals surface area contributed by atoms with Gasteiger partial charge >= 0.3 is 6.03 Å².